The van der Waals surface area contributed by atoms with Crippen LogP contribution >= 0.6 is 15.9 Å². The Balaban J connectivity index is 2.54. The maximum Gasteiger partial charge on any atom is 0.522 e. The van der Waals surface area contributed by atoms with Crippen molar-refractivity contribution in [2.75, 3.05) is 6.61 Å². The number of alkyl halides is 3. The van der Waals surface area contributed by atoms with Gasteiger partial charge in [0.15, 0.2) is 0 Å². The van der Waals surface area contributed by atoms with Crippen molar-refractivity contribution in [2.45, 2.75) is 12.4 Å². The fraction of sp³-hybridized carbons (Fsp3) is 0.333. The predicted octanol–water partition coefficient (Wildman–Crippen LogP) is 2.99. The van der Waals surface area contributed by atoms with E-state index in [0.29, 0.717) is 5.56 Å². The van der Waals surface area contributed by atoms with Crippen molar-refractivity contribution in [3.05, 3.63) is 34.3 Å². The molecule has 0 aliphatic rings. The molecule has 0 aromatic heterocycles. The highest BCUT2D eigenvalue weighted by Gasteiger charge is 2.29. The molecule has 0 saturated carbocycles. The SMILES string of the molecule is NC(COC(F)(F)F)c1ccc(Br)cc1. The molecule has 1 atom stereocenters. The van der Waals surface area contributed by atoms with E-state index in [-0.39, 0.29) is 0 Å². The number of rotatable bonds is 3. The molecule has 0 fully saturated rings. The monoisotopic (exact) mass is 283 g/mol. The van der Waals surface area contributed by atoms with Crippen molar-refractivity contribution in [2.24, 2.45) is 5.73 Å². The summed E-state index contributed by atoms with van der Waals surface area (Å²) >= 11 is 3.21. The Bertz CT molecular complexity index is 312. The third-order valence-electron chi connectivity index (χ3n) is 1.72. The first-order valence-electron chi connectivity index (χ1n) is 4.10. The van der Waals surface area contributed by atoms with E-state index in [0.717, 1.165) is 4.47 Å². The van der Waals surface area contributed by atoms with Gasteiger partial charge in [-0.3, -0.25) is 4.74 Å². The van der Waals surface area contributed by atoms with E-state index in [4.69, 9.17) is 5.73 Å². The summed E-state index contributed by atoms with van der Waals surface area (Å²) in [6.45, 7) is -0.578. The molecule has 15 heavy (non-hydrogen) atoms. The summed E-state index contributed by atoms with van der Waals surface area (Å²) in [7, 11) is 0. The summed E-state index contributed by atoms with van der Waals surface area (Å²) in [6.07, 6.45) is -4.63. The minimum atomic E-state index is -4.63. The largest absolute Gasteiger partial charge is 0.522 e. The van der Waals surface area contributed by atoms with Gasteiger partial charge in [0, 0.05) is 4.47 Å². The predicted molar refractivity (Wildman–Crippen MR) is 53.1 cm³/mol. The Kier molecular flexibility index (Phi) is 4.12. The van der Waals surface area contributed by atoms with Gasteiger partial charge in [0.05, 0.1) is 12.6 Å². The Hall–Kier alpha value is -0.590. The lowest BCUT2D eigenvalue weighted by Crippen LogP contribution is -2.23. The van der Waals surface area contributed by atoms with Gasteiger partial charge in [0.25, 0.3) is 0 Å². The van der Waals surface area contributed by atoms with Crippen LogP contribution < -0.4 is 5.73 Å². The van der Waals surface area contributed by atoms with E-state index in [1.54, 1.807) is 24.3 Å². The molecule has 0 bridgehead atoms. The lowest BCUT2D eigenvalue weighted by atomic mass is 10.1. The molecule has 0 heterocycles. The molecule has 0 spiro atoms. The normalized spacial score (nSPS) is 13.9. The van der Waals surface area contributed by atoms with Crippen LogP contribution in [0.5, 0.6) is 0 Å². The zero-order valence-corrected chi connectivity index (χ0v) is 9.18. The van der Waals surface area contributed by atoms with Gasteiger partial charge in [-0.1, -0.05) is 28.1 Å². The molecule has 2 nitrogen and oxygen atoms in total. The molecule has 0 saturated heterocycles. The van der Waals surface area contributed by atoms with Crippen LogP contribution in [0.1, 0.15) is 11.6 Å². The third-order valence-corrected chi connectivity index (χ3v) is 2.25. The number of nitrogens with two attached hydrogens (primary N) is 1. The maximum absolute atomic E-state index is 11.7. The molecular formula is C9H9BrF3NO. The smallest absolute Gasteiger partial charge is 0.322 e. The third kappa shape index (κ3) is 4.63. The summed E-state index contributed by atoms with van der Waals surface area (Å²) < 4.78 is 39.6. The van der Waals surface area contributed by atoms with Gasteiger partial charge in [-0.2, -0.15) is 0 Å². The molecule has 0 amide bonds. The fourth-order valence-electron chi connectivity index (χ4n) is 0.990. The van der Waals surface area contributed by atoms with Gasteiger partial charge in [0.1, 0.15) is 0 Å². The quantitative estimate of drug-likeness (QED) is 0.926. The Morgan fingerprint density at radius 1 is 1.27 bits per heavy atom. The molecule has 2 N–H and O–H groups in total. The standard InChI is InChI=1S/C9H9BrF3NO/c10-7-3-1-6(2-4-7)8(14)5-15-9(11,12)13/h1-4,8H,5,14H2. The lowest BCUT2D eigenvalue weighted by molar-refractivity contribution is -0.326. The van der Waals surface area contributed by atoms with Gasteiger partial charge in [-0.15, -0.1) is 13.2 Å². The first kappa shape index (κ1) is 12.5. The van der Waals surface area contributed by atoms with Crippen molar-refractivity contribution < 1.29 is 17.9 Å². The van der Waals surface area contributed by atoms with E-state index < -0.39 is 19.0 Å². The van der Waals surface area contributed by atoms with E-state index in [2.05, 4.69) is 20.7 Å². The molecule has 0 aliphatic heterocycles. The van der Waals surface area contributed by atoms with Gasteiger partial charge < -0.3 is 5.73 Å². The van der Waals surface area contributed by atoms with Crippen LogP contribution in [0.3, 0.4) is 0 Å². The Labute approximate surface area is 93.3 Å². The minimum absolute atomic E-state index is 0.578. The summed E-state index contributed by atoms with van der Waals surface area (Å²) in [5, 5.41) is 0. The van der Waals surface area contributed by atoms with Crippen LogP contribution in [0.15, 0.2) is 28.7 Å². The number of benzene rings is 1. The number of halogens is 4. The topological polar surface area (TPSA) is 35.2 Å². The summed E-state index contributed by atoms with van der Waals surface area (Å²) in [5.41, 5.74) is 6.11. The first-order valence-corrected chi connectivity index (χ1v) is 4.89. The summed E-state index contributed by atoms with van der Waals surface area (Å²) in [4.78, 5) is 0. The molecule has 1 aromatic rings. The zero-order chi connectivity index (χ0) is 11.5. The van der Waals surface area contributed by atoms with Crippen molar-refractivity contribution in [3.8, 4) is 0 Å². The van der Waals surface area contributed by atoms with Crippen LogP contribution in [-0.4, -0.2) is 13.0 Å². The molecule has 6 heteroatoms. The zero-order valence-electron chi connectivity index (χ0n) is 7.59. The van der Waals surface area contributed by atoms with Crippen molar-refractivity contribution in [3.63, 3.8) is 0 Å². The fourth-order valence-corrected chi connectivity index (χ4v) is 1.25. The van der Waals surface area contributed by atoms with Gasteiger partial charge >= 0.3 is 6.36 Å². The average Bonchev–Trinajstić information content (AvgIpc) is 2.14. The number of hydrogen-bond acceptors (Lipinski definition) is 2. The van der Waals surface area contributed by atoms with Crippen LogP contribution in [0, 0.1) is 0 Å². The number of hydrogen-bond donors (Lipinski definition) is 1. The Morgan fingerprint density at radius 3 is 2.27 bits per heavy atom. The van der Waals surface area contributed by atoms with E-state index >= 15 is 0 Å². The van der Waals surface area contributed by atoms with Crippen LogP contribution in [0.2, 0.25) is 0 Å². The molecule has 0 aliphatic carbocycles. The molecule has 0 radical (unpaired) electrons. The Morgan fingerprint density at radius 2 is 1.80 bits per heavy atom. The summed E-state index contributed by atoms with van der Waals surface area (Å²) in [5.74, 6) is 0. The second kappa shape index (κ2) is 4.96. The minimum Gasteiger partial charge on any atom is -0.322 e. The van der Waals surface area contributed by atoms with Crippen LogP contribution in [0.25, 0.3) is 0 Å². The van der Waals surface area contributed by atoms with Gasteiger partial charge in [0.2, 0.25) is 0 Å². The lowest BCUT2D eigenvalue weighted by Gasteiger charge is -2.13. The van der Waals surface area contributed by atoms with Gasteiger partial charge in [-0.05, 0) is 17.7 Å². The second-order valence-electron chi connectivity index (χ2n) is 2.91. The van der Waals surface area contributed by atoms with Crippen LogP contribution in [-0.2, 0) is 4.74 Å². The van der Waals surface area contributed by atoms with Crippen molar-refractivity contribution >= 4 is 15.9 Å². The van der Waals surface area contributed by atoms with Crippen molar-refractivity contribution in [1.29, 1.82) is 0 Å². The molecular weight excluding hydrogens is 275 g/mol. The highest BCUT2D eigenvalue weighted by Crippen LogP contribution is 2.20. The summed E-state index contributed by atoms with van der Waals surface area (Å²) in [6, 6.07) is 5.94. The van der Waals surface area contributed by atoms with E-state index in [1.807, 2.05) is 0 Å². The number of ether oxygens (including phenoxy) is 1. The van der Waals surface area contributed by atoms with E-state index in [9.17, 15) is 13.2 Å². The molecule has 84 valence electrons. The van der Waals surface area contributed by atoms with Crippen molar-refractivity contribution in [1.82, 2.24) is 0 Å². The van der Waals surface area contributed by atoms with Gasteiger partial charge in [-0.25, -0.2) is 0 Å². The highest BCUT2D eigenvalue weighted by molar-refractivity contribution is 9.10. The maximum atomic E-state index is 11.7. The highest BCUT2D eigenvalue weighted by atomic mass is 79.9. The molecule has 1 rings (SSSR count). The van der Waals surface area contributed by atoms with E-state index in [1.165, 1.54) is 0 Å². The average molecular weight is 284 g/mol. The second-order valence-corrected chi connectivity index (χ2v) is 3.83. The van der Waals surface area contributed by atoms with Crippen LogP contribution in [0.4, 0.5) is 13.2 Å². The first-order chi connectivity index (χ1) is 6.88. The molecule has 1 aromatic carbocycles. The molecule has 1 unspecified atom stereocenters.